The van der Waals surface area contributed by atoms with Crippen LogP contribution in [0.1, 0.15) is 0 Å². The summed E-state index contributed by atoms with van der Waals surface area (Å²) in [5, 5.41) is 0. The van der Waals surface area contributed by atoms with Crippen LogP contribution in [0.3, 0.4) is 0 Å². The molecule has 0 saturated carbocycles. The van der Waals surface area contributed by atoms with E-state index in [1.54, 1.807) is 0 Å². The topological polar surface area (TPSA) is 18.5 Å². The standard InChI is InChI=1S/C12H4Br6O2S/c13-5-1-7(15)11(8(16)2-5)19-21-20-12-9(17)3-6(14)4-10(12)18/h1-4H. The van der Waals surface area contributed by atoms with Crippen LogP contribution in [0.2, 0.25) is 0 Å². The van der Waals surface area contributed by atoms with E-state index < -0.39 is 0 Å². The molecule has 0 amide bonds. The lowest BCUT2D eigenvalue weighted by Crippen LogP contribution is -1.92. The van der Waals surface area contributed by atoms with Crippen molar-refractivity contribution in [1.82, 2.24) is 0 Å². The van der Waals surface area contributed by atoms with Crippen LogP contribution >= 0.6 is 108 Å². The molecule has 0 heterocycles. The van der Waals surface area contributed by atoms with Gasteiger partial charge in [0.25, 0.3) is 12.3 Å². The first-order valence-corrected chi connectivity index (χ1v) is 10.6. The van der Waals surface area contributed by atoms with E-state index >= 15 is 0 Å². The van der Waals surface area contributed by atoms with E-state index in [2.05, 4.69) is 95.6 Å². The lowest BCUT2D eigenvalue weighted by molar-refractivity contribution is 0.533. The largest absolute Gasteiger partial charge is 0.389 e. The van der Waals surface area contributed by atoms with Gasteiger partial charge in [-0.05, 0) is 88.0 Å². The van der Waals surface area contributed by atoms with Crippen LogP contribution in [-0.2, 0) is 0 Å². The molecule has 21 heavy (non-hydrogen) atoms. The zero-order valence-electron chi connectivity index (χ0n) is 9.80. The first-order chi connectivity index (χ1) is 9.88. The number of hydrogen-bond donors (Lipinski definition) is 0. The van der Waals surface area contributed by atoms with Gasteiger partial charge in [-0.15, -0.1) is 0 Å². The number of rotatable bonds is 4. The molecular formula is C12H4Br6O2S. The maximum Gasteiger partial charge on any atom is 0.293 e. The van der Waals surface area contributed by atoms with Crippen molar-refractivity contribution in [2.75, 3.05) is 0 Å². The highest BCUT2D eigenvalue weighted by atomic mass is 79.9. The maximum absolute atomic E-state index is 5.59. The molecule has 0 aliphatic rings. The lowest BCUT2D eigenvalue weighted by atomic mass is 10.3. The van der Waals surface area contributed by atoms with Crippen molar-refractivity contribution in [3.8, 4) is 11.5 Å². The van der Waals surface area contributed by atoms with Crippen LogP contribution in [0.25, 0.3) is 0 Å². The number of halogens is 6. The van der Waals surface area contributed by atoms with Gasteiger partial charge in [0.15, 0.2) is 11.5 Å². The quantitative estimate of drug-likeness (QED) is 0.301. The molecule has 0 bridgehead atoms. The Balaban J connectivity index is 2.09. The summed E-state index contributed by atoms with van der Waals surface area (Å²) in [6, 6.07) is 7.58. The predicted molar refractivity (Wildman–Crippen MR) is 108 cm³/mol. The summed E-state index contributed by atoms with van der Waals surface area (Å²) in [6.45, 7) is 0. The van der Waals surface area contributed by atoms with Gasteiger partial charge >= 0.3 is 0 Å². The third-order valence-corrected chi connectivity index (χ3v) is 5.90. The Morgan fingerprint density at radius 1 is 0.571 bits per heavy atom. The van der Waals surface area contributed by atoms with Crippen molar-refractivity contribution >= 4 is 108 Å². The summed E-state index contributed by atoms with van der Waals surface area (Å²) in [7, 11) is 0. The molecule has 0 aliphatic carbocycles. The zero-order valence-corrected chi connectivity index (χ0v) is 20.1. The van der Waals surface area contributed by atoms with Crippen molar-refractivity contribution in [3.05, 3.63) is 51.1 Å². The van der Waals surface area contributed by atoms with Crippen molar-refractivity contribution in [3.63, 3.8) is 0 Å². The van der Waals surface area contributed by atoms with E-state index in [0.717, 1.165) is 39.2 Å². The molecule has 0 aliphatic heterocycles. The van der Waals surface area contributed by atoms with Crippen LogP contribution in [0.15, 0.2) is 51.1 Å². The van der Waals surface area contributed by atoms with E-state index in [4.69, 9.17) is 8.37 Å². The third kappa shape index (κ3) is 5.12. The Morgan fingerprint density at radius 2 is 0.857 bits per heavy atom. The molecule has 0 atom stereocenters. The van der Waals surface area contributed by atoms with Gasteiger partial charge in [0.05, 0.1) is 17.9 Å². The zero-order chi connectivity index (χ0) is 15.6. The van der Waals surface area contributed by atoms with E-state index in [0.29, 0.717) is 11.5 Å². The molecule has 0 fully saturated rings. The average Bonchev–Trinajstić information content (AvgIpc) is 2.34. The molecule has 112 valence electrons. The first-order valence-electron chi connectivity index (χ1n) is 5.18. The van der Waals surface area contributed by atoms with Crippen molar-refractivity contribution in [1.29, 1.82) is 0 Å². The number of benzene rings is 2. The van der Waals surface area contributed by atoms with Crippen molar-refractivity contribution in [2.24, 2.45) is 0 Å². The minimum Gasteiger partial charge on any atom is -0.389 e. The fraction of sp³-hybridized carbons (Fsp3) is 0. The highest BCUT2D eigenvalue weighted by Crippen LogP contribution is 2.41. The molecule has 9 heteroatoms. The Hall–Kier alpha value is 1.27. The Bertz CT molecular complexity index is 575. The van der Waals surface area contributed by atoms with Gasteiger partial charge in [-0.3, -0.25) is 0 Å². The van der Waals surface area contributed by atoms with Gasteiger partial charge < -0.3 is 8.37 Å². The van der Waals surface area contributed by atoms with Gasteiger partial charge in [0, 0.05) is 8.95 Å². The van der Waals surface area contributed by atoms with Gasteiger partial charge in [0.2, 0.25) is 0 Å². The predicted octanol–water partition coefficient (Wildman–Crippen LogP) is 8.28. The van der Waals surface area contributed by atoms with Gasteiger partial charge in [-0.2, -0.15) is 0 Å². The second-order valence-electron chi connectivity index (χ2n) is 3.63. The lowest BCUT2D eigenvalue weighted by Gasteiger charge is -2.11. The number of hydrogen-bond acceptors (Lipinski definition) is 3. The second kappa shape index (κ2) is 8.39. The molecule has 2 aromatic carbocycles. The van der Waals surface area contributed by atoms with E-state index in [1.807, 2.05) is 24.3 Å². The average molecular weight is 692 g/mol. The van der Waals surface area contributed by atoms with Crippen molar-refractivity contribution < 1.29 is 8.37 Å². The highest BCUT2D eigenvalue weighted by Gasteiger charge is 2.13. The minimum absolute atomic E-state index is 0.646. The molecule has 0 N–H and O–H groups in total. The van der Waals surface area contributed by atoms with E-state index in [1.165, 1.54) is 0 Å². The van der Waals surface area contributed by atoms with Gasteiger partial charge in [-0.25, -0.2) is 0 Å². The fourth-order valence-electron chi connectivity index (χ4n) is 1.30. The monoisotopic (exact) mass is 686 g/mol. The summed E-state index contributed by atoms with van der Waals surface area (Å²) in [4.78, 5) is 0. The van der Waals surface area contributed by atoms with Crippen LogP contribution in [0, 0.1) is 0 Å². The Kier molecular flexibility index (Phi) is 7.44. The molecule has 2 rings (SSSR count). The Labute approximate surface area is 176 Å². The summed E-state index contributed by atoms with van der Waals surface area (Å²) < 4.78 is 16.3. The third-order valence-electron chi connectivity index (χ3n) is 2.16. The van der Waals surface area contributed by atoms with Crippen LogP contribution in [-0.4, -0.2) is 0 Å². The summed E-state index contributed by atoms with van der Waals surface area (Å²) in [5.41, 5.74) is 0. The van der Waals surface area contributed by atoms with Crippen molar-refractivity contribution in [2.45, 2.75) is 0 Å². The Morgan fingerprint density at radius 3 is 1.14 bits per heavy atom. The van der Waals surface area contributed by atoms with Gasteiger partial charge in [0.1, 0.15) is 0 Å². The molecule has 2 nitrogen and oxygen atoms in total. The highest BCUT2D eigenvalue weighted by molar-refractivity contribution is 9.12. The molecule has 0 unspecified atom stereocenters. The first kappa shape index (κ1) is 18.6. The maximum atomic E-state index is 5.59. The van der Waals surface area contributed by atoms with Crippen LogP contribution < -0.4 is 8.37 Å². The molecular weight excluding hydrogens is 688 g/mol. The molecule has 0 radical (unpaired) electrons. The smallest absolute Gasteiger partial charge is 0.293 e. The second-order valence-corrected chi connectivity index (χ2v) is 9.35. The SMILES string of the molecule is Brc1cc(Br)c(OSOc2c(Br)cc(Br)cc2Br)c(Br)c1. The summed E-state index contributed by atoms with van der Waals surface area (Å²) >= 11 is 21.5. The van der Waals surface area contributed by atoms with E-state index in [9.17, 15) is 0 Å². The van der Waals surface area contributed by atoms with Crippen LogP contribution in [0.4, 0.5) is 0 Å². The molecule has 0 spiro atoms. The normalized spacial score (nSPS) is 10.6. The minimum atomic E-state index is 0.646. The molecule has 2 aromatic rings. The van der Waals surface area contributed by atoms with Gasteiger partial charge in [-0.1, -0.05) is 31.9 Å². The summed E-state index contributed by atoms with van der Waals surface area (Å²) in [5.74, 6) is 1.29. The van der Waals surface area contributed by atoms with E-state index in [-0.39, 0.29) is 0 Å². The summed E-state index contributed by atoms with van der Waals surface area (Å²) in [6.07, 6.45) is 0. The molecule has 0 aromatic heterocycles. The molecule has 0 saturated heterocycles. The van der Waals surface area contributed by atoms with Crippen LogP contribution in [0.5, 0.6) is 11.5 Å². The fourth-order valence-corrected chi connectivity index (χ4v) is 7.10.